The van der Waals surface area contributed by atoms with Gasteiger partial charge in [0.05, 0.1) is 18.5 Å². The summed E-state index contributed by atoms with van der Waals surface area (Å²) in [5, 5.41) is 0. The molecule has 1 fully saturated rings. The molecule has 1 amide bonds. The van der Waals surface area contributed by atoms with Crippen LogP contribution < -0.4 is 4.72 Å². The summed E-state index contributed by atoms with van der Waals surface area (Å²) in [4.78, 5) is 11.6. The average molecular weight is 291 g/mol. The molecule has 1 aliphatic heterocycles. The van der Waals surface area contributed by atoms with Crippen LogP contribution in [0.3, 0.4) is 0 Å². The van der Waals surface area contributed by atoms with E-state index >= 15 is 0 Å². The number of amides is 1. The third-order valence-corrected chi connectivity index (χ3v) is 4.09. The highest BCUT2D eigenvalue weighted by molar-refractivity contribution is 7.90. The van der Waals surface area contributed by atoms with Crippen molar-refractivity contribution in [1.82, 2.24) is 4.72 Å². The number of sulfonamides is 1. The first-order valence-electron chi connectivity index (χ1n) is 6.33. The van der Waals surface area contributed by atoms with Gasteiger partial charge in [0.25, 0.3) is 5.91 Å². The lowest BCUT2D eigenvalue weighted by Crippen LogP contribution is -2.42. The van der Waals surface area contributed by atoms with Crippen molar-refractivity contribution in [1.29, 1.82) is 0 Å². The molecule has 0 aromatic heterocycles. The van der Waals surface area contributed by atoms with E-state index in [4.69, 9.17) is 9.47 Å². The Morgan fingerprint density at radius 3 is 2.89 bits per heavy atom. The minimum atomic E-state index is -3.68. The molecule has 7 heteroatoms. The smallest absolute Gasteiger partial charge is 0.262 e. The third-order valence-electron chi connectivity index (χ3n) is 2.77. The monoisotopic (exact) mass is 291 g/mol. The van der Waals surface area contributed by atoms with Crippen LogP contribution in [-0.4, -0.2) is 45.5 Å². The fourth-order valence-electron chi connectivity index (χ4n) is 1.75. The van der Waals surface area contributed by atoms with E-state index < -0.39 is 22.0 Å². The van der Waals surface area contributed by atoms with Crippen molar-refractivity contribution < 1.29 is 22.7 Å². The number of carbonyl (C=O) groups is 1. The van der Waals surface area contributed by atoms with E-state index in [1.54, 1.807) is 0 Å². The van der Waals surface area contributed by atoms with E-state index in [1.165, 1.54) is 13.0 Å². The van der Waals surface area contributed by atoms with Crippen LogP contribution in [0, 0.1) is 0 Å². The summed E-state index contributed by atoms with van der Waals surface area (Å²) in [5.74, 6) is -0.856. The van der Waals surface area contributed by atoms with Crippen molar-refractivity contribution >= 4 is 15.9 Å². The molecule has 0 bridgehead atoms. The van der Waals surface area contributed by atoms with Gasteiger partial charge in [0.15, 0.2) is 0 Å². The van der Waals surface area contributed by atoms with E-state index in [0.29, 0.717) is 13.0 Å². The molecule has 0 saturated carbocycles. The number of hydrogen-bond donors (Lipinski definition) is 1. The van der Waals surface area contributed by atoms with Crippen LogP contribution in [0.25, 0.3) is 0 Å². The molecule has 110 valence electrons. The minimum Gasteiger partial charge on any atom is -0.377 e. The van der Waals surface area contributed by atoms with Crippen molar-refractivity contribution in [3.63, 3.8) is 0 Å². The van der Waals surface area contributed by atoms with E-state index in [2.05, 4.69) is 6.58 Å². The van der Waals surface area contributed by atoms with E-state index in [-0.39, 0.29) is 18.5 Å². The zero-order chi connectivity index (χ0) is 14.3. The summed E-state index contributed by atoms with van der Waals surface area (Å²) in [6.07, 6.45) is 2.94. The van der Waals surface area contributed by atoms with Gasteiger partial charge < -0.3 is 9.47 Å². The summed E-state index contributed by atoms with van der Waals surface area (Å²) in [7, 11) is -3.68. The second kappa shape index (κ2) is 7.62. The van der Waals surface area contributed by atoms with Gasteiger partial charge in [0.1, 0.15) is 6.10 Å². The lowest BCUT2D eigenvalue weighted by atomic mass is 10.1. The standard InChI is InChI=1S/C12H21NO5S/c1-3-7-17-10(2)12(14)13-19(15,16)9-11-6-4-5-8-18-11/h3,10-11H,1,4-9H2,2H3,(H,13,14)/t10-,11-/m0/s1. The lowest BCUT2D eigenvalue weighted by Gasteiger charge is -2.22. The molecule has 0 aliphatic carbocycles. The van der Waals surface area contributed by atoms with Gasteiger partial charge in [0.2, 0.25) is 10.0 Å². The van der Waals surface area contributed by atoms with Crippen molar-refractivity contribution in [2.75, 3.05) is 19.0 Å². The summed E-state index contributed by atoms with van der Waals surface area (Å²) < 4.78 is 36.0. The molecule has 0 aromatic rings. The molecule has 0 radical (unpaired) electrons. The Bertz CT molecular complexity index is 400. The molecule has 19 heavy (non-hydrogen) atoms. The highest BCUT2D eigenvalue weighted by Gasteiger charge is 2.25. The normalized spacial score (nSPS) is 21.6. The quantitative estimate of drug-likeness (QED) is 0.694. The van der Waals surface area contributed by atoms with Crippen LogP contribution in [-0.2, 0) is 24.3 Å². The molecular formula is C12H21NO5S. The Hall–Kier alpha value is -0.920. The van der Waals surface area contributed by atoms with Crippen LogP contribution in [0.2, 0.25) is 0 Å². The van der Waals surface area contributed by atoms with Crippen LogP contribution in [0.15, 0.2) is 12.7 Å². The average Bonchev–Trinajstić information content (AvgIpc) is 2.35. The van der Waals surface area contributed by atoms with Gasteiger partial charge in [-0.2, -0.15) is 0 Å². The van der Waals surface area contributed by atoms with Crippen molar-refractivity contribution in [2.45, 2.75) is 38.4 Å². The number of nitrogens with one attached hydrogen (secondary N) is 1. The fourth-order valence-corrected chi connectivity index (χ4v) is 3.06. The zero-order valence-corrected chi connectivity index (χ0v) is 11.9. The molecule has 6 nitrogen and oxygen atoms in total. The van der Waals surface area contributed by atoms with Crippen LogP contribution in [0.5, 0.6) is 0 Å². The van der Waals surface area contributed by atoms with E-state index in [1.807, 2.05) is 4.72 Å². The fraction of sp³-hybridized carbons (Fsp3) is 0.750. The molecule has 0 unspecified atom stereocenters. The number of hydrogen-bond acceptors (Lipinski definition) is 5. The lowest BCUT2D eigenvalue weighted by molar-refractivity contribution is -0.129. The second-order valence-corrected chi connectivity index (χ2v) is 6.27. The van der Waals surface area contributed by atoms with E-state index in [0.717, 1.165) is 12.8 Å². The van der Waals surface area contributed by atoms with Gasteiger partial charge in [-0.25, -0.2) is 8.42 Å². The van der Waals surface area contributed by atoms with E-state index in [9.17, 15) is 13.2 Å². The minimum absolute atomic E-state index is 0.188. The van der Waals surface area contributed by atoms with Gasteiger partial charge >= 0.3 is 0 Å². The first-order chi connectivity index (χ1) is 8.94. The Morgan fingerprint density at radius 2 is 2.32 bits per heavy atom. The maximum Gasteiger partial charge on any atom is 0.262 e. The van der Waals surface area contributed by atoms with Crippen molar-refractivity contribution in [2.24, 2.45) is 0 Å². The number of carbonyl (C=O) groups excluding carboxylic acids is 1. The first kappa shape index (κ1) is 16.1. The number of rotatable bonds is 7. The predicted molar refractivity (Wildman–Crippen MR) is 71.1 cm³/mol. The van der Waals surface area contributed by atoms with Gasteiger partial charge in [-0.1, -0.05) is 6.08 Å². The predicted octanol–water partition coefficient (Wildman–Crippen LogP) is 0.593. The van der Waals surface area contributed by atoms with Gasteiger partial charge in [-0.3, -0.25) is 9.52 Å². The van der Waals surface area contributed by atoms with Crippen molar-refractivity contribution in [3.8, 4) is 0 Å². The SMILES string of the molecule is C=CCO[C@@H](C)C(=O)NS(=O)(=O)C[C@@H]1CCCCO1. The highest BCUT2D eigenvalue weighted by atomic mass is 32.2. The maximum atomic E-state index is 11.8. The first-order valence-corrected chi connectivity index (χ1v) is 7.98. The Kier molecular flexibility index (Phi) is 6.47. The zero-order valence-electron chi connectivity index (χ0n) is 11.1. The van der Waals surface area contributed by atoms with Crippen molar-refractivity contribution in [3.05, 3.63) is 12.7 Å². The second-order valence-electron chi connectivity index (χ2n) is 4.50. The summed E-state index contributed by atoms with van der Waals surface area (Å²) >= 11 is 0. The van der Waals surface area contributed by atoms with Crippen LogP contribution in [0.1, 0.15) is 26.2 Å². The molecule has 1 heterocycles. The Morgan fingerprint density at radius 1 is 1.58 bits per heavy atom. The molecular weight excluding hydrogens is 270 g/mol. The van der Waals surface area contributed by atoms with Gasteiger partial charge in [-0.05, 0) is 26.2 Å². The molecule has 1 rings (SSSR count). The van der Waals surface area contributed by atoms with Gasteiger partial charge in [0, 0.05) is 6.61 Å². The van der Waals surface area contributed by atoms with Crippen LogP contribution >= 0.6 is 0 Å². The Labute approximate surface area is 114 Å². The summed E-state index contributed by atoms with van der Waals surface area (Å²) in [6, 6.07) is 0. The van der Waals surface area contributed by atoms with Crippen LogP contribution in [0.4, 0.5) is 0 Å². The molecule has 0 spiro atoms. The summed E-state index contributed by atoms with van der Waals surface area (Å²) in [6.45, 7) is 5.72. The molecule has 1 aliphatic rings. The molecule has 2 atom stereocenters. The molecule has 1 saturated heterocycles. The maximum absolute atomic E-state index is 11.8. The highest BCUT2D eigenvalue weighted by Crippen LogP contribution is 2.14. The largest absolute Gasteiger partial charge is 0.377 e. The topological polar surface area (TPSA) is 81.7 Å². The Balaban J connectivity index is 2.44. The number of ether oxygens (including phenoxy) is 2. The molecule has 1 N–H and O–H groups in total. The summed E-state index contributed by atoms with van der Waals surface area (Å²) in [5.41, 5.74) is 0. The van der Waals surface area contributed by atoms with Gasteiger partial charge in [-0.15, -0.1) is 6.58 Å². The third kappa shape index (κ3) is 6.17. The molecule has 0 aromatic carbocycles.